The van der Waals surface area contributed by atoms with Gasteiger partial charge < -0.3 is 0 Å². The van der Waals surface area contributed by atoms with Crippen molar-refractivity contribution < 1.29 is 0 Å². The zero-order valence-electron chi connectivity index (χ0n) is 10.2. The van der Waals surface area contributed by atoms with Crippen LogP contribution >= 0.6 is 0 Å². The third-order valence-corrected chi connectivity index (χ3v) is 2.93. The van der Waals surface area contributed by atoms with Crippen molar-refractivity contribution in [1.82, 2.24) is 0 Å². The van der Waals surface area contributed by atoms with Gasteiger partial charge in [0.25, 0.3) is 0 Å². The lowest BCUT2D eigenvalue weighted by atomic mass is 9.91. The van der Waals surface area contributed by atoms with E-state index in [4.69, 9.17) is 0 Å². The van der Waals surface area contributed by atoms with Gasteiger partial charge in [0, 0.05) is 0 Å². The van der Waals surface area contributed by atoms with Gasteiger partial charge in [-0.2, -0.15) is 23.6 Å². The molecule has 0 fully saturated rings. The fourth-order valence-corrected chi connectivity index (χ4v) is 1.92. The van der Waals surface area contributed by atoms with Crippen molar-refractivity contribution in [2.75, 3.05) is 0 Å². The SMILES string of the molecule is C=C(C[C-](C)c1ccccc1)c1ccccc1. The smallest absolute Gasteiger partial charge is 0.0238 e. The van der Waals surface area contributed by atoms with Crippen LogP contribution in [0.2, 0.25) is 0 Å². The van der Waals surface area contributed by atoms with Crippen LogP contribution in [0, 0.1) is 5.92 Å². The molecule has 2 aromatic rings. The van der Waals surface area contributed by atoms with E-state index in [0.29, 0.717) is 0 Å². The second-order valence-corrected chi connectivity index (χ2v) is 4.29. The molecule has 0 radical (unpaired) electrons. The monoisotopic (exact) mass is 221 g/mol. The Hall–Kier alpha value is -1.95. The van der Waals surface area contributed by atoms with E-state index < -0.39 is 0 Å². The largest absolute Gasteiger partial charge is 0.189 e. The standard InChI is InChI=1S/C17H17/c1-14(16-9-5-3-6-10-16)13-15(2)17-11-7-4-8-12-17/h3-12H,1,13H2,2H3/q-1. The molecule has 0 aromatic heterocycles. The lowest BCUT2D eigenvalue weighted by Gasteiger charge is -2.22. The molecule has 0 heteroatoms. The van der Waals surface area contributed by atoms with E-state index in [1.54, 1.807) is 0 Å². The number of rotatable bonds is 4. The quantitative estimate of drug-likeness (QED) is 0.654. The molecule has 0 aliphatic rings. The first kappa shape index (κ1) is 11.5. The molecule has 0 N–H and O–H groups in total. The maximum atomic E-state index is 4.17. The van der Waals surface area contributed by atoms with Crippen LogP contribution in [0.4, 0.5) is 0 Å². The summed E-state index contributed by atoms with van der Waals surface area (Å²) in [5.74, 6) is 1.36. The minimum absolute atomic E-state index is 0.925. The van der Waals surface area contributed by atoms with Gasteiger partial charge in [-0.3, -0.25) is 0 Å². The van der Waals surface area contributed by atoms with E-state index in [2.05, 4.69) is 62.0 Å². The van der Waals surface area contributed by atoms with Crippen LogP contribution in [0.5, 0.6) is 0 Å². The Morgan fingerprint density at radius 3 is 2.06 bits per heavy atom. The fourth-order valence-electron chi connectivity index (χ4n) is 1.92. The van der Waals surface area contributed by atoms with E-state index >= 15 is 0 Å². The maximum absolute atomic E-state index is 4.17. The summed E-state index contributed by atoms with van der Waals surface area (Å²) in [6.45, 7) is 6.34. The van der Waals surface area contributed by atoms with Gasteiger partial charge in [0.1, 0.15) is 0 Å². The summed E-state index contributed by atoms with van der Waals surface area (Å²) in [6.07, 6.45) is 0.925. The Morgan fingerprint density at radius 1 is 0.941 bits per heavy atom. The highest BCUT2D eigenvalue weighted by Gasteiger charge is 2.01. The summed E-state index contributed by atoms with van der Waals surface area (Å²) in [6, 6.07) is 20.8. The number of benzene rings is 2. The van der Waals surface area contributed by atoms with Gasteiger partial charge >= 0.3 is 0 Å². The first-order valence-electron chi connectivity index (χ1n) is 5.88. The van der Waals surface area contributed by atoms with E-state index in [1.165, 1.54) is 22.6 Å². The summed E-state index contributed by atoms with van der Waals surface area (Å²) in [5.41, 5.74) is 3.69. The number of hydrogen-bond donors (Lipinski definition) is 0. The Kier molecular flexibility index (Phi) is 3.66. The molecule has 0 heterocycles. The molecule has 0 saturated heterocycles. The number of hydrogen-bond acceptors (Lipinski definition) is 0. The van der Waals surface area contributed by atoms with Crippen LogP contribution in [-0.2, 0) is 0 Å². The lowest BCUT2D eigenvalue weighted by molar-refractivity contribution is 1.05. The molecule has 0 saturated carbocycles. The third kappa shape index (κ3) is 3.01. The zero-order chi connectivity index (χ0) is 12.1. The molecule has 0 aliphatic heterocycles. The van der Waals surface area contributed by atoms with Crippen molar-refractivity contribution in [3.05, 3.63) is 84.3 Å². The normalized spacial score (nSPS) is 9.94. The highest BCUT2D eigenvalue weighted by Crippen LogP contribution is 2.26. The van der Waals surface area contributed by atoms with Crippen LogP contribution < -0.4 is 0 Å². The van der Waals surface area contributed by atoms with Crippen molar-refractivity contribution in [2.45, 2.75) is 13.3 Å². The minimum Gasteiger partial charge on any atom is -0.189 e. The highest BCUT2D eigenvalue weighted by molar-refractivity contribution is 5.65. The van der Waals surface area contributed by atoms with Crippen molar-refractivity contribution in [3.63, 3.8) is 0 Å². The molecule has 2 aromatic carbocycles. The van der Waals surface area contributed by atoms with Gasteiger partial charge in [0.15, 0.2) is 0 Å². The molecule has 0 spiro atoms. The molecular formula is C17H17-. The summed E-state index contributed by atoms with van der Waals surface area (Å²) >= 11 is 0. The summed E-state index contributed by atoms with van der Waals surface area (Å²) in [4.78, 5) is 0. The predicted molar refractivity (Wildman–Crippen MR) is 74.6 cm³/mol. The summed E-state index contributed by atoms with van der Waals surface area (Å²) in [5, 5.41) is 0. The predicted octanol–water partition coefficient (Wildman–Crippen LogP) is 4.73. The molecule has 2 rings (SSSR count). The van der Waals surface area contributed by atoms with E-state index in [0.717, 1.165) is 6.42 Å². The summed E-state index contributed by atoms with van der Waals surface area (Å²) < 4.78 is 0. The number of allylic oxidation sites excluding steroid dienone is 1. The molecule has 0 aliphatic carbocycles. The van der Waals surface area contributed by atoms with E-state index in [-0.39, 0.29) is 0 Å². The van der Waals surface area contributed by atoms with Gasteiger partial charge in [-0.25, -0.2) is 0 Å². The van der Waals surface area contributed by atoms with Crippen LogP contribution in [0.1, 0.15) is 24.5 Å². The molecular weight excluding hydrogens is 204 g/mol. The van der Waals surface area contributed by atoms with Gasteiger partial charge in [0.05, 0.1) is 0 Å². The highest BCUT2D eigenvalue weighted by atomic mass is 14.1. The molecule has 17 heavy (non-hydrogen) atoms. The van der Waals surface area contributed by atoms with Crippen LogP contribution in [0.25, 0.3) is 5.57 Å². The molecule has 0 nitrogen and oxygen atoms in total. The molecule has 0 atom stereocenters. The first-order valence-corrected chi connectivity index (χ1v) is 5.88. The molecule has 0 bridgehead atoms. The first-order chi connectivity index (χ1) is 8.27. The average molecular weight is 221 g/mol. The van der Waals surface area contributed by atoms with Crippen molar-refractivity contribution in [1.29, 1.82) is 0 Å². The van der Waals surface area contributed by atoms with Gasteiger partial charge in [0.2, 0.25) is 0 Å². The Morgan fingerprint density at radius 2 is 1.47 bits per heavy atom. The minimum atomic E-state index is 0.925. The fraction of sp³-hybridized carbons (Fsp3) is 0.118. The maximum Gasteiger partial charge on any atom is -0.0238 e. The lowest BCUT2D eigenvalue weighted by Crippen LogP contribution is -1.95. The van der Waals surface area contributed by atoms with Gasteiger partial charge in [-0.1, -0.05) is 61.9 Å². The van der Waals surface area contributed by atoms with Gasteiger partial charge in [-0.05, 0) is 5.56 Å². The molecule has 86 valence electrons. The van der Waals surface area contributed by atoms with Crippen LogP contribution in [-0.4, -0.2) is 0 Å². The average Bonchev–Trinajstić information content (AvgIpc) is 2.40. The zero-order valence-corrected chi connectivity index (χ0v) is 10.2. The Labute approximate surface area is 104 Å². The second kappa shape index (κ2) is 5.40. The van der Waals surface area contributed by atoms with Crippen LogP contribution in [0.3, 0.4) is 0 Å². The second-order valence-electron chi connectivity index (χ2n) is 4.29. The van der Waals surface area contributed by atoms with Crippen LogP contribution in [0.15, 0.2) is 67.2 Å². The Bertz CT molecular complexity index is 468. The van der Waals surface area contributed by atoms with Crippen molar-refractivity contribution in [2.24, 2.45) is 0 Å². The molecule has 0 amide bonds. The third-order valence-electron chi connectivity index (χ3n) is 2.93. The topological polar surface area (TPSA) is 0 Å². The Balaban J connectivity index is 2.05. The summed E-state index contributed by atoms with van der Waals surface area (Å²) in [7, 11) is 0. The van der Waals surface area contributed by atoms with Crippen molar-refractivity contribution in [3.8, 4) is 0 Å². The van der Waals surface area contributed by atoms with E-state index in [1.807, 2.05) is 12.1 Å². The molecule has 0 unspecified atom stereocenters. The van der Waals surface area contributed by atoms with Gasteiger partial charge in [-0.15, -0.1) is 12.1 Å². The van der Waals surface area contributed by atoms with Crippen molar-refractivity contribution >= 4 is 5.57 Å². The van der Waals surface area contributed by atoms with E-state index in [9.17, 15) is 0 Å².